The third-order valence-corrected chi connectivity index (χ3v) is 6.54. The fourth-order valence-corrected chi connectivity index (χ4v) is 4.73. The monoisotopic (exact) mass is 337 g/mol. The molecule has 20 heavy (non-hydrogen) atoms. The molecule has 1 aromatic heterocycles. The van der Waals surface area contributed by atoms with E-state index in [1.54, 1.807) is 6.92 Å². The molecule has 1 aliphatic heterocycles. The molecular weight excluding hydrogens is 322 g/mol. The lowest BCUT2D eigenvalue weighted by Gasteiger charge is -2.10. The average Bonchev–Trinajstić information content (AvgIpc) is 2.97. The molecule has 1 aromatic rings. The first-order valence-electron chi connectivity index (χ1n) is 6.32. The lowest BCUT2D eigenvalue weighted by Crippen LogP contribution is -2.27. The van der Waals surface area contributed by atoms with Crippen molar-refractivity contribution in [1.29, 1.82) is 0 Å². The predicted octanol–water partition coefficient (Wildman–Crippen LogP) is 2.28. The number of carbonyl (C=O) groups excluding carboxylic acids is 1. The molecule has 1 aliphatic rings. The van der Waals surface area contributed by atoms with Gasteiger partial charge in [-0.25, -0.2) is 8.42 Å². The van der Waals surface area contributed by atoms with Crippen molar-refractivity contribution in [2.45, 2.75) is 36.5 Å². The molecule has 0 aromatic carbocycles. The van der Waals surface area contributed by atoms with Crippen LogP contribution in [0.25, 0.3) is 0 Å². The van der Waals surface area contributed by atoms with Gasteiger partial charge in [0.15, 0.2) is 0 Å². The van der Waals surface area contributed by atoms with E-state index in [2.05, 4.69) is 5.32 Å². The van der Waals surface area contributed by atoms with Crippen molar-refractivity contribution in [3.05, 3.63) is 16.5 Å². The van der Waals surface area contributed by atoms with E-state index in [1.807, 2.05) is 0 Å². The van der Waals surface area contributed by atoms with E-state index < -0.39 is 9.05 Å². The van der Waals surface area contributed by atoms with Crippen molar-refractivity contribution in [1.82, 2.24) is 5.32 Å². The molecule has 1 saturated heterocycles. The second kappa shape index (κ2) is 6.43. The van der Waals surface area contributed by atoms with Crippen molar-refractivity contribution in [3.8, 4) is 0 Å². The number of ether oxygens (including phenoxy) is 1. The smallest absolute Gasteiger partial charge is 0.271 e. The zero-order chi connectivity index (χ0) is 14.8. The van der Waals surface area contributed by atoms with Crippen LogP contribution >= 0.6 is 22.0 Å². The summed E-state index contributed by atoms with van der Waals surface area (Å²) in [5.74, 6) is -0.275. The summed E-state index contributed by atoms with van der Waals surface area (Å²) in [6.07, 6.45) is 3.09. The van der Waals surface area contributed by atoms with Gasteiger partial charge in [0.1, 0.15) is 4.21 Å². The second-order valence-electron chi connectivity index (χ2n) is 4.68. The summed E-state index contributed by atoms with van der Waals surface area (Å²) in [5.41, 5.74) is 0.765. The lowest BCUT2D eigenvalue weighted by molar-refractivity contribution is 0.0907. The fraction of sp³-hybridized carbons (Fsp3) is 0.583. The van der Waals surface area contributed by atoms with Crippen molar-refractivity contribution in [3.63, 3.8) is 0 Å². The molecule has 112 valence electrons. The summed E-state index contributed by atoms with van der Waals surface area (Å²) in [6.45, 7) is 2.89. The summed E-state index contributed by atoms with van der Waals surface area (Å²) in [5, 5.41) is 4.30. The molecule has 0 radical (unpaired) electrons. The highest BCUT2D eigenvalue weighted by molar-refractivity contribution is 8.15. The van der Waals surface area contributed by atoms with Gasteiger partial charge in [-0.3, -0.25) is 4.79 Å². The zero-order valence-corrected chi connectivity index (χ0v) is 13.4. The first kappa shape index (κ1) is 15.8. The molecule has 1 unspecified atom stereocenters. The fourth-order valence-electron chi connectivity index (χ4n) is 2.18. The highest BCUT2D eigenvalue weighted by Gasteiger charge is 2.22. The van der Waals surface area contributed by atoms with Crippen LogP contribution in [0.15, 0.2) is 9.59 Å². The predicted molar refractivity (Wildman–Crippen MR) is 78.0 cm³/mol. The Balaban J connectivity index is 1.94. The minimum Gasteiger partial charge on any atom is -0.378 e. The minimum absolute atomic E-state index is 0.0310. The van der Waals surface area contributed by atoms with Gasteiger partial charge in [-0.05, 0) is 31.7 Å². The third kappa shape index (κ3) is 3.72. The lowest BCUT2D eigenvalue weighted by atomic mass is 10.1. The molecule has 0 spiro atoms. The molecule has 2 heterocycles. The SMILES string of the molecule is Cc1c(C(=O)NCCC2CCCO2)csc1S(=O)(=O)Cl. The first-order chi connectivity index (χ1) is 9.39. The van der Waals surface area contributed by atoms with E-state index in [0.717, 1.165) is 37.2 Å². The summed E-state index contributed by atoms with van der Waals surface area (Å²) in [4.78, 5) is 12.0. The summed E-state index contributed by atoms with van der Waals surface area (Å²) in [6, 6.07) is 0. The number of nitrogens with one attached hydrogen (secondary N) is 1. The molecule has 0 aliphatic carbocycles. The first-order valence-corrected chi connectivity index (χ1v) is 9.51. The average molecular weight is 338 g/mol. The van der Waals surface area contributed by atoms with Gasteiger partial charge in [0.25, 0.3) is 15.0 Å². The minimum atomic E-state index is -3.79. The van der Waals surface area contributed by atoms with Crippen LogP contribution in [-0.2, 0) is 13.8 Å². The highest BCUT2D eigenvalue weighted by atomic mass is 35.7. The van der Waals surface area contributed by atoms with Crippen LogP contribution in [-0.4, -0.2) is 33.6 Å². The van der Waals surface area contributed by atoms with Crippen LogP contribution in [0, 0.1) is 6.92 Å². The number of hydrogen-bond donors (Lipinski definition) is 1. The molecule has 2 rings (SSSR count). The molecule has 5 nitrogen and oxygen atoms in total. The third-order valence-electron chi connectivity index (χ3n) is 3.24. The zero-order valence-electron chi connectivity index (χ0n) is 11.0. The Kier molecular flexibility index (Phi) is 5.06. The van der Waals surface area contributed by atoms with Gasteiger partial charge in [0.2, 0.25) is 0 Å². The van der Waals surface area contributed by atoms with Crippen molar-refractivity contribution in [2.75, 3.05) is 13.2 Å². The molecule has 1 fully saturated rings. The standard InChI is InChI=1S/C12H16ClNO4S2/c1-8-10(7-19-12(8)20(13,16)17)11(15)14-5-4-9-3-2-6-18-9/h7,9H,2-6H2,1H3,(H,14,15). The van der Waals surface area contributed by atoms with E-state index in [1.165, 1.54) is 5.38 Å². The highest BCUT2D eigenvalue weighted by Crippen LogP contribution is 2.29. The van der Waals surface area contributed by atoms with E-state index in [0.29, 0.717) is 17.7 Å². The molecular formula is C12H16ClNO4S2. The molecule has 1 N–H and O–H groups in total. The number of hydrogen-bond acceptors (Lipinski definition) is 5. The largest absolute Gasteiger partial charge is 0.378 e. The van der Waals surface area contributed by atoms with Gasteiger partial charge in [-0.15, -0.1) is 11.3 Å². The van der Waals surface area contributed by atoms with E-state index in [4.69, 9.17) is 15.4 Å². The van der Waals surface area contributed by atoms with Crippen LogP contribution in [0.2, 0.25) is 0 Å². The van der Waals surface area contributed by atoms with Crippen molar-refractivity contribution < 1.29 is 17.9 Å². The van der Waals surface area contributed by atoms with Crippen LogP contribution < -0.4 is 5.32 Å². The molecule has 8 heteroatoms. The number of halogens is 1. The van der Waals surface area contributed by atoms with Gasteiger partial charge >= 0.3 is 0 Å². The van der Waals surface area contributed by atoms with Gasteiger partial charge in [-0.2, -0.15) is 0 Å². The quantitative estimate of drug-likeness (QED) is 0.837. The number of rotatable bonds is 5. The molecule has 0 bridgehead atoms. The second-order valence-corrected chi connectivity index (χ2v) is 8.32. The van der Waals surface area contributed by atoms with Gasteiger partial charge in [-0.1, -0.05) is 0 Å². The van der Waals surface area contributed by atoms with Crippen molar-refractivity contribution in [2.24, 2.45) is 0 Å². The van der Waals surface area contributed by atoms with Crippen LogP contribution in [0.4, 0.5) is 0 Å². The maximum Gasteiger partial charge on any atom is 0.271 e. The summed E-state index contributed by atoms with van der Waals surface area (Å²) >= 11 is 0.965. The topological polar surface area (TPSA) is 72.5 Å². The Morgan fingerprint density at radius 3 is 2.90 bits per heavy atom. The molecule has 0 saturated carbocycles. The van der Waals surface area contributed by atoms with Gasteiger partial charge in [0.05, 0.1) is 11.7 Å². The van der Waals surface area contributed by atoms with E-state index >= 15 is 0 Å². The maximum absolute atomic E-state index is 12.0. The van der Waals surface area contributed by atoms with E-state index in [9.17, 15) is 13.2 Å². The Bertz CT molecular complexity index is 591. The van der Waals surface area contributed by atoms with E-state index in [-0.39, 0.29) is 16.2 Å². The number of carbonyl (C=O) groups is 1. The Morgan fingerprint density at radius 1 is 1.60 bits per heavy atom. The maximum atomic E-state index is 12.0. The van der Waals surface area contributed by atoms with Crippen LogP contribution in [0.1, 0.15) is 35.2 Å². The molecule has 1 atom stereocenters. The Labute approximate surface area is 126 Å². The van der Waals surface area contributed by atoms with Crippen LogP contribution in [0.5, 0.6) is 0 Å². The Hall–Kier alpha value is -0.630. The van der Waals surface area contributed by atoms with Crippen molar-refractivity contribution >= 4 is 37.0 Å². The van der Waals surface area contributed by atoms with Gasteiger partial charge in [0, 0.05) is 29.2 Å². The summed E-state index contributed by atoms with van der Waals surface area (Å²) in [7, 11) is 1.52. The van der Waals surface area contributed by atoms with Gasteiger partial charge < -0.3 is 10.1 Å². The number of amides is 1. The Morgan fingerprint density at radius 2 is 2.35 bits per heavy atom. The normalized spacial score (nSPS) is 19.2. The molecule has 1 amide bonds. The number of thiophene rings is 1. The summed E-state index contributed by atoms with van der Waals surface area (Å²) < 4.78 is 28.1. The van der Waals surface area contributed by atoms with Crippen LogP contribution in [0.3, 0.4) is 0 Å².